The van der Waals surface area contributed by atoms with Gasteiger partial charge < -0.3 is 19.1 Å². The van der Waals surface area contributed by atoms with Crippen molar-refractivity contribution in [3.05, 3.63) is 76.9 Å². The second kappa shape index (κ2) is 13.6. The van der Waals surface area contributed by atoms with E-state index >= 15 is 0 Å². The van der Waals surface area contributed by atoms with E-state index in [1.165, 1.54) is 12.7 Å². The van der Waals surface area contributed by atoms with Crippen LogP contribution in [0.25, 0.3) is 0 Å². The summed E-state index contributed by atoms with van der Waals surface area (Å²) in [6, 6.07) is 17.5. The smallest absolute Gasteiger partial charge is 0.307 e. The van der Waals surface area contributed by atoms with Crippen LogP contribution in [-0.4, -0.2) is 49.3 Å². The van der Waals surface area contributed by atoms with E-state index in [0.717, 1.165) is 54.6 Å². The summed E-state index contributed by atoms with van der Waals surface area (Å²) < 4.78 is 16.7. The molecule has 7 nitrogen and oxygen atoms in total. The molecule has 1 aliphatic heterocycles. The van der Waals surface area contributed by atoms with Crippen molar-refractivity contribution in [1.29, 1.82) is 0 Å². The molecule has 1 aliphatic carbocycles. The maximum atomic E-state index is 13.4. The number of carbonyl (C=O) groups excluding carboxylic acids is 2. The molecular formula is C31H40N2O5. The largest absolute Gasteiger partial charge is 0.489 e. The minimum Gasteiger partial charge on any atom is -0.489 e. The molecule has 0 unspecified atom stereocenters. The average molecular weight is 521 g/mol. The predicted molar refractivity (Wildman–Crippen MR) is 146 cm³/mol. The van der Waals surface area contributed by atoms with Gasteiger partial charge in [0.2, 0.25) is 0 Å². The third-order valence-corrected chi connectivity index (χ3v) is 7.15. The number of hydrogen-bond acceptors (Lipinski definition) is 6. The number of carbonyl (C=O) groups is 2. The molecule has 1 heterocycles. The van der Waals surface area contributed by atoms with Crippen LogP contribution >= 0.6 is 0 Å². The standard InChI is InChI=1S/C31H40N2O5/c1-22(2)37-19-9-18-33-30(26-12-7-8-13-27(26)31(33)35)32-28(20-29(34)36-3)24-14-16-25(17-15-24)38-21-23-10-5-4-6-11-23/h4-6,10-11,14-17,22,28,30,32H,7-9,12-13,18-21H2,1-3H3/t28-,30-/m1/s1. The van der Waals surface area contributed by atoms with E-state index in [1.54, 1.807) is 0 Å². The molecule has 0 aromatic heterocycles. The van der Waals surface area contributed by atoms with Crippen LogP contribution in [0.4, 0.5) is 0 Å². The number of methoxy groups -OCH3 is 1. The van der Waals surface area contributed by atoms with Gasteiger partial charge in [-0.3, -0.25) is 14.9 Å². The topological polar surface area (TPSA) is 77.1 Å². The zero-order valence-electron chi connectivity index (χ0n) is 22.8. The van der Waals surface area contributed by atoms with Crippen LogP contribution in [0.1, 0.15) is 69.5 Å². The van der Waals surface area contributed by atoms with Crippen LogP contribution in [0.2, 0.25) is 0 Å². The van der Waals surface area contributed by atoms with Crippen molar-refractivity contribution < 1.29 is 23.8 Å². The third-order valence-electron chi connectivity index (χ3n) is 7.15. The van der Waals surface area contributed by atoms with Gasteiger partial charge in [0.25, 0.3) is 5.91 Å². The van der Waals surface area contributed by atoms with E-state index in [4.69, 9.17) is 14.2 Å². The SMILES string of the molecule is COC(=O)C[C@@H](N[C@H]1C2=C(CCCC2)C(=O)N1CCCOC(C)C)c1ccc(OCc2ccccc2)cc1. The Bertz CT molecular complexity index is 1100. The molecule has 38 heavy (non-hydrogen) atoms. The zero-order chi connectivity index (χ0) is 26.9. The van der Waals surface area contributed by atoms with E-state index in [0.29, 0.717) is 19.8 Å². The number of ether oxygens (including phenoxy) is 3. The van der Waals surface area contributed by atoms with Crippen molar-refractivity contribution in [2.75, 3.05) is 20.3 Å². The normalized spacial score (nSPS) is 18.1. The van der Waals surface area contributed by atoms with Gasteiger partial charge in [-0.15, -0.1) is 0 Å². The Morgan fingerprint density at radius 2 is 1.79 bits per heavy atom. The third kappa shape index (κ3) is 7.23. The molecule has 4 rings (SSSR count). The minimum atomic E-state index is -0.313. The molecule has 0 saturated heterocycles. The summed E-state index contributed by atoms with van der Waals surface area (Å²) in [5, 5.41) is 3.67. The molecule has 204 valence electrons. The number of esters is 1. The van der Waals surface area contributed by atoms with Crippen molar-refractivity contribution >= 4 is 11.9 Å². The fourth-order valence-electron chi connectivity index (χ4n) is 5.18. The molecule has 2 atom stereocenters. The quantitative estimate of drug-likeness (QED) is 0.285. The lowest BCUT2D eigenvalue weighted by Gasteiger charge is -2.32. The molecule has 2 aromatic rings. The van der Waals surface area contributed by atoms with Crippen molar-refractivity contribution in [2.24, 2.45) is 0 Å². The highest BCUT2D eigenvalue weighted by Crippen LogP contribution is 2.37. The van der Waals surface area contributed by atoms with E-state index in [2.05, 4.69) is 5.32 Å². The van der Waals surface area contributed by atoms with Crippen molar-refractivity contribution in [3.8, 4) is 5.75 Å². The molecule has 1 N–H and O–H groups in total. The number of benzene rings is 2. The first-order valence-corrected chi connectivity index (χ1v) is 13.7. The lowest BCUT2D eigenvalue weighted by Crippen LogP contribution is -2.47. The maximum Gasteiger partial charge on any atom is 0.307 e. The fourth-order valence-corrected chi connectivity index (χ4v) is 5.18. The molecule has 0 bridgehead atoms. The first kappa shape index (κ1) is 27.9. The van der Waals surface area contributed by atoms with Crippen LogP contribution < -0.4 is 10.1 Å². The molecule has 0 spiro atoms. The van der Waals surface area contributed by atoms with Crippen LogP contribution in [0.15, 0.2) is 65.7 Å². The van der Waals surface area contributed by atoms with Crippen molar-refractivity contribution in [1.82, 2.24) is 10.2 Å². The first-order chi connectivity index (χ1) is 18.5. The highest BCUT2D eigenvalue weighted by atomic mass is 16.5. The second-order valence-corrected chi connectivity index (χ2v) is 10.2. The first-order valence-electron chi connectivity index (χ1n) is 13.7. The molecule has 2 aromatic carbocycles. The number of nitrogens with zero attached hydrogens (tertiary/aromatic N) is 1. The summed E-state index contributed by atoms with van der Waals surface area (Å²) in [5.74, 6) is 0.573. The summed E-state index contributed by atoms with van der Waals surface area (Å²) in [4.78, 5) is 27.7. The summed E-state index contributed by atoms with van der Waals surface area (Å²) in [7, 11) is 1.40. The van der Waals surface area contributed by atoms with Crippen molar-refractivity contribution in [2.45, 2.75) is 77.3 Å². The number of amides is 1. The second-order valence-electron chi connectivity index (χ2n) is 10.2. The Morgan fingerprint density at radius 1 is 1.05 bits per heavy atom. The lowest BCUT2D eigenvalue weighted by atomic mass is 9.92. The number of hydrogen-bond donors (Lipinski definition) is 1. The molecule has 0 saturated carbocycles. The minimum absolute atomic E-state index is 0.114. The Hall–Kier alpha value is -3.16. The average Bonchev–Trinajstić information content (AvgIpc) is 3.20. The van der Waals surface area contributed by atoms with Gasteiger partial charge in [0.05, 0.1) is 19.6 Å². The molecule has 7 heteroatoms. The highest BCUT2D eigenvalue weighted by molar-refractivity contribution is 5.97. The fraction of sp³-hybridized carbons (Fsp3) is 0.484. The molecule has 2 aliphatic rings. The highest BCUT2D eigenvalue weighted by Gasteiger charge is 2.40. The molecule has 1 amide bonds. The van der Waals surface area contributed by atoms with Gasteiger partial charge in [-0.2, -0.15) is 0 Å². The molecule has 0 radical (unpaired) electrons. The Balaban J connectivity index is 1.50. The lowest BCUT2D eigenvalue weighted by molar-refractivity contribution is -0.141. The number of rotatable bonds is 13. The Labute approximate surface area is 226 Å². The van der Waals surface area contributed by atoms with Gasteiger partial charge in [-0.25, -0.2) is 0 Å². The Morgan fingerprint density at radius 3 is 2.50 bits per heavy atom. The van der Waals surface area contributed by atoms with Gasteiger partial charge in [-0.05, 0) is 74.8 Å². The van der Waals surface area contributed by atoms with Gasteiger partial charge >= 0.3 is 5.97 Å². The van der Waals surface area contributed by atoms with E-state index in [-0.39, 0.29) is 36.6 Å². The van der Waals surface area contributed by atoms with Crippen LogP contribution in [0, 0.1) is 0 Å². The van der Waals surface area contributed by atoms with Crippen LogP contribution in [-0.2, 0) is 25.7 Å². The molecular weight excluding hydrogens is 480 g/mol. The van der Waals surface area contributed by atoms with E-state index in [9.17, 15) is 9.59 Å². The summed E-state index contributed by atoms with van der Waals surface area (Å²) in [6.07, 6.45) is 4.68. The predicted octanol–water partition coefficient (Wildman–Crippen LogP) is 5.31. The van der Waals surface area contributed by atoms with Gasteiger partial charge in [0.1, 0.15) is 18.5 Å². The Kier molecular flexibility index (Phi) is 9.96. The van der Waals surface area contributed by atoms with Gasteiger partial charge in [0.15, 0.2) is 0 Å². The summed E-state index contributed by atoms with van der Waals surface area (Å²) >= 11 is 0. The number of nitrogens with one attached hydrogen (secondary N) is 1. The van der Waals surface area contributed by atoms with Gasteiger partial charge in [-0.1, -0.05) is 42.5 Å². The maximum absolute atomic E-state index is 13.4. The van der Waals surface area contributed by atoms with Gasteiger partial charge in [0, 0.05) is 24.8 Å². The summed E-state index contributed by atoms with van der Waals surface area (Å²) in [6.45, 7) is 5.73. The van der Waals surface area contributed by atoms with E-state index in [1.807, 2.05) is 73.3 Å². The van der Waals surface area contributed by atoms with E-state index < -0.39 is 0 Å². The molecule has 0 fully saturated rings. The zero-order valence-corrected chi connectivity index (χ0v) is 22.8. The van der Waals surface area contributed by atoms with Crippen LogP contribution in [0.5, 0.6) is 5.75 Å². The van der Waals surface area contributed by atoms with Crippen molar-refractivity contribution in [3.63, 3.8) is 0 Å². The monoisotopic (exact) mass is 520 g/mol. The van der Waals surface area contributed by atoms with Crippen LogP contribution in [0.3, 0.4) is 0 Å². The summed E-state index contributed by atoms with van der Waals surface area (Å²) in [5.41, 5.74) is 4.16.